The summed E-state index contributed by atoms with van der Waals surface area (Å²) in [5.74, 6) is -0.639. The molecule has 0 radical (unpaired) electrons. The number of hydrogen-bond acceptors (Lipinski definition) is 10. The molecule has 6 rings (SSSR count). The molecule has 1 spiro atoms. The van der Waals surface area contributed by atoms with Crippen molar-refractivity contribution in [2.45, 2.75) is 43.0 Å². The van der Waals surface area contributed by atoms with E-state index >= 15 is 4.79 Å². The van der Waals surface area contributed by atoms with Crippen LogP contribution in [0.25, 0.3) is 0 Å². The number of sulfonamides is 1. The number of rotatable bonds is 8. The summed E-state index contributed by atoms with van der Waals surface area (Å²) in [5.41, 5.74) is -1.61. The number of nitrogens with zero attached hydrogens (tertiary/aromatic N) is 5. The molecule has 3 amide bonds. The zero-order valence-electron chi connectivity index (χ0n) is 28.1. The van der Waals surface area contributed by atoms with Crippen molar-refractivity contribution in [1.29, 1.82) is 5.26 Å². The normalized spacial score (nSPS) is 20.4. The number of pyridine rings is 1. The summed E-state index contributed by atoms with van der Waals surface area (Å²) in [6.45, 7) is 4.89. The van der Waals surface area contributed by atoms with Gasteiger partial charge in [0.1, 0.15) is 16.4 Å². The molecule has 2 aromatic carbocycles. The van der Waals surface area contributed by atoms with E-state index < -0.39 is 27.5 Å². The molecule has 3 aliphatic rings. The zero-order chi connectivity index (χ0) is 35.0. The minimum absolute atomic E-state index is 0.0302. The summed E-state index contributed by atoms with van der Waals surface area (Å²) in [6.07, 6.45) is 5.23. The van der Waals surface area contributed by atoms with E-state index in [-0.39, 0.29) is 50.9 Å². The Kier molecular flexibility index (Phi) is 9.17. The molecule has 0 bridgehead atoms. The number of ether oxygens (including phenoxy) is 3. The first-order chi connectivity index (χ1) is 23.5. The predicted octanol–water partition coefficient (Wildman–Crippen LogP) is 3.87. The van der Waals surface area contributed by atoms with Gasteiger partial charge in [0, 0.05) is 30.9 Å². The molecule has 3 aromatic rings. The van der Waals surface area contributed by atoms with Gasteiger partial charge in [-0.1, -0.05) is 0 Å². The molecule has 3 aliphatic heterocycles. The number of urea groups is 1. The summed E-state index contributed by atoms with van der Waals surface area (Å²) < 4.78 is 46.4. The summed E-state index contributed by atoms with van der Waals surface area (Å²) in [4.78, 5) is 37.6. The number of benzene rings is 2. The molecule has 0 saturated carbocycles. The van der Waals surface area contributed by atoms with E-state index in [1.807, 2.05) is 0 Å². The fraction of sp³-hybridized carbons (Fsp3) is 0.429. The molecule has 13 nitrogen and oxygen atoms in total. The van der Waals surface area contributed by atoms with Crippen LogP contribution in [-0.2, 0) is 20.4 Å². The standard InChI is InChI=1S/C35H40N6O7S/c1-5-48-31-26(7-6-16-37-31)35(38-33(43)40-19-14-34(15-20-40)12-17-39(2)18-13-34)27-21-24(23-36)8-10-28(27)41(32(35)42)49(44,45)30-11-9-25(46-3)22-29(30)47-4/h6-11,16,21-22H,5,12-15,17-20H2,1-4H3,(H,38,43)/t35-/m0/s1. The monoisotopic (exact) mass is 688 g/mol. The Morgan fingerprint density at radius 3 is 2.37 bits per heavy atom. The van der Waals surface area contributed by atoms with E-state index in [0.717, 1.165) is 38.8 Å². The first-order valence-corrected chi connectivity index (χ1v) is 17.7. The van der Waals surface area contributed by atoms with Gasteiger partial charge in [0.2, 0.25) is 5.88 Å². The number of aromatic nitrogens is 1. The number of nitriles is 1. The highest BCUT2D eigenvalue weighted by Gasteiger charge is 2.59. The molecule has 14 heteroatoms. The van der Waals surface area contributed by atoms with Gasteiger partial charge in [-0.3, -0.25) is 4.79 Å². The lowest BCUT2D eigenvalue weighted by Gasteiger charge is -2.46. The Bertz CT molecular complexity index is 1910. The number of methoxy groups -OCH3 is 2. The van der Waals surface area contributed by atoms with Gasteiger partial charge in [0.15, 0.2) is 5.54 Å². The van der Waals surface area contributed by atoms with Crippen LogP contribution in [0.15, 0.2) is 59.6 Å². The predicted molar refractivity (Wildman–Crippen MR) is 180 cm³/mol. The second-order valence-electron chi connectivity index (χ2n) is 12.7. The van der Waals surface area contributed by atoms with Gasteiger partial charge in [0.05, 0.1) is 43.7 Å². The minimum Gasteiger partial charge on any atom is -0.497 e. The quantitative estimate of drug-likeness (QED) is 0.369. The van der Waals surface area contributed by atoms with Gasteiger partial charge in [0.25, 0.3) is 15.9 Å². The van der Waals surface area contributed by atoms with Gasteiger partial charge in [-0.05, 0) is 101 Å². The molecule has 0 unspecified atom stereocenters. The van der Waals surface area contributed by atoms with E-state index in [1.54, 1.807) is 24.0 Å². The van der Waals surface area contributed by atoms with Crippen molar-refractivity contribution in [3.8, 4) is 23.4 Å². The van der Waals surface area contributed by atoms with E-state index in [1.165, 1.54) is 56.8 Å². The average Bonchev–Trinajstić information content (AvgIpc) is 3.37. The second kappa shape index (κ2) is 13.2. The molecule has 258 valence electrons. The highest BCUT2D eigenvalue weighted by molar-refractivity contribution is 7.93. The molecule has 1 aromatic heterocycles. The smallest absolute Gasteiger partial charge is 0.318 e. The summed E-state index contributed by atoms with van der Waals surface area (Å²) in [7, 11) is 0.183. The first-order valence-electron chi connectivity index (χ1n) is 16.2. The molecule has 1 N–H and O–H groups in total. The van der Waals surface area contributed by atoms with Crippen LogP contribution in [-0.4, -0.2) is 89.2 Å². The number of likely N-dealkylation sites (tertiary alicyclic amines) is 2. The number of piperidine rings is 2. The van der Waals surface area contributed by atoms with E-state index in [2.05, 4.69) is 28.3 Å². The first kappa shape index (κ1) is 34.0. The number of amides is 3. The van der Waals surface area contributed by atoms with Gasteiger partial charge in [-0.25, -0.2) is 18.2 Å². The summed E-state index contributed by atoms with van der Waals surface area (Å²) in [6, 6.07) is 13.1. The highest BCUT2D eigenvalue weighted by atomic mass is 32.2. The minimum atomic E-state index is -4.69. The highest BCUT2D eigenvalue weighted by Crippen LogP contribution is 2.50. The Hall–Kier alpha value is -4.87. The van der Waals surface area contributed by atoms with Crippen LogP contribution in [0.5, 0.6) is 17.4 Å². The lowest BCUT2D eigenvalue weighted by Crippen LogP contribution is -2.59. The maximum Gasteiger partial charge on any atom is 0.318 e. The van der Waals surface area contributed by atoms with Crippen LogP contribution < -0.4 is 23.8 Å². The van der Waals surface area contributed by atoms with Crippen molar-refractivity contribution in [3.63, 3.8) is 0 Å². The van der Waals surface area contributed by atoms with E-state index in [4.69, 9.17) is 14.2 Å². The van der Waals surface area contributed by atoms with Crippen molar-refractivity contribution >= 4 is 27.6 Å². The van der Waals surface area contributed by atoms with Gasteiger partial charge < -0.3 is 29.3 Å². The Balaban J connectivity index is 1.49. The van der Waals surface area contributed by atoms with E-state index in [0.29, 0.717) is 23.1 Å². The Morgan fingerprint density at radius 2 is 1.71 bits per heavy atom. The molecule has 4 heterocycles. The van der Waals surface area contributed by atoms with Crippen molar-refractivity contribution < 1.29 is 32.2 Å². The van der Waals surface area contributed by atoms with Crippen LogP contribution >= 0.6 is 0 Å². The number of carbonyl (C=O) groups is 2. The van der Waals surface area contributed by atoms with Crippen LogP contribution in [0.4, 0.5) is 10.5 Å². The van der Waals surface area contributed by atoms with Crippen molar-refractivity contribution in [3.05, 3.63) is 71.4 Å². The third kappa shape index (κ3) is 5.80. The fourth-order valence-electron chi connectivity index (χ4n) is 7.18. The topological polar surface area (TPSA) is 154 Å². The zero-order valence-corrected chi connectivity index (χ0v) is 28.9. The SMILES string of the molecule is CCOc1ncccc1[C@@]1(NC(=O)N2CCC3(CCN(C)CC3)CC2)C(=O)N(S(=O)(=O)c2ccc(OC)cc2OC)c2ccc(C#N)cc21. The summed E-state index contributed by atoms with van der Waals surface area (Å²) >= 11 is 0. The van der Waals surface area contributed by atoms with Gasteiger partial charge in [-0.15, -0.1) is 0 Å². The largest absolute Gasteiger partial charge is 0.497 e. The number of hydrogen-bond donors (Lipinski definition) is 1. The molecule has 2 fully saturated rings. The van der Waals surface area contributed by atoms with E-state index in [9.17, 15) is 18.5 Å². The molecule has 1 atom stereocenters. The lowest BCUT2D eigenvalue weighted by atomic mass is 9.71. The Morgan fingerprint density at radius 1 is 1.00 bits per heavy atom. The molecular weight excluding hydrogens is 648 g/mol. The van der Waals surface area contributed by atoms with Gasteiger partial charge in [-0.2, -0.15) is 9.57 Å². The number of nitrogens with one attached hydrogen (secondary N) is 1. The third-order valence-electron chi connectivity index (χ3n) is 10.1. The van der Waals surface area contributed by atoms with Crippen LogP contribution in [0.3, 0.4) is 0 Å². The number of fused-ring (bicyclic) bond motifs is 1. The maximum atomic E-state index is 15.2. The van der Waals surface area contributed by atoms with Crippen molar-refractivity contribution in [1.82, 2.24) is 20.1 Å². The van der Waals surface area contributed by atoms with Gasteiger partial charge >= 0.3 is 6.03 Å². The summed E-state index contributed by atoms with van der Waals surface area (Å²) in [5, 5.41) is 12.9. The average molecular weight is 689 g/mol. The van der Waals surface area contributed by atoms with Crippen LogP contribution in [0.2, 0.25) is 0 Å². The molecule has 2 saturated heterocycles. The fourth-order valence-corrected chi connectivity index (χ4v) is 8.78. The second-order valence-corrected chi connectivity index (χ2v) is 14.4. The number of anilines is 1. The van der Waals surface area contributed by atoms with Crippen LogP contribution in [0, 0.1) is 16.7 Å². The Labute approximate surface area is 286 Å². The van der Waals surface area contributed by atoms with Crippen molar-refractivity contribution in [2.75, 3.05) is 58.4 Å². The maximum absolute atomic E-state index is 15.2. The van der Waals surface area contributed by atoms with Crippen LogP contribution in [0.1, 0.15) is 49.3 Å². The molecule has 0 aliphatic carbocycles. The lowest BCUT2D eigenvalue weighted by molar-refractivity contribution is -0.121. The third-order valence-corrected chi connectivity index (χ3v) is 11.8. The van der Waals surface area contributed by atoms with Crippen molar-refractivity contribution in [2.24, 2.45) is 5.41 Å². The molecule has 49 heavy (non-hydrogen) atoms. The number of carbonyl (C=O) groups excluding carboxylic acids is 2. The molecular formula is C35H40N6O7S.